The Morgan fingerprint density at radius 2 is 2.00 bits per heavy atom. The van der Waals surface area contributed by atoms with Gasteiger partial charge in [-0.15, -0.1) is 11.3 Å². The van der Waals surface area contributed by atoms with E-state index < -0.39 is 0 Å². The maximum Gasteiger partial charge on any atom is 0.260 e. The van der Waals surface area contributed by atoms with Gasteiger partial charge >= 0.3 is 0 Å². The van der Waals surface area contributed by atoms with Gasteiger partial charge in [0.05, 0.1) is 5.39 Å². The number of fused-ring (bicyclic) bond motifs is 1. The molecule has 0 aliphatic carbocycles. The normalized spacial score (nSPS) is 11.1. The fraction of sp³-hybridized carbons (Fsp3) is 0.105. The Labute approximate surface area is 147 Å². The van der Waals surface area contributed by atoms with Crippen LogP contribution in [0.1, 0.15) is 11.5 Å². The van der Waals surface area contributed by atoms with Gasteiger partial charge in [0.25, 0.3) is 5.56 Å². The molecule has 0 amide bonds. The fourth-order valence-corrected chi connectivity index (χ4v) is 3.78. The third-order valence-corrected chi connectivity index (χ3v) is 5.01. The molecule has 0 bridgehead atoms. The van der Waals surface area contributed by atoms with E-state index in [1.54, 1.807) is 12.1 Å². The highest BCUT2D eigenvalue weighted by Gasteiger charge is 2.15. The summed E-state index contributed by atoms with van der Waals surface area (Å²) in [5.41, 5.74) is 2.50. The first-order valence-electron chi connectivity index (χ1n) is 7.83. The molecule has 0 unspecified atom stereocenters. The number of thiophene rings is 1. The van der Waals surface area contributed by atoms with Crippen molar-refractivity contribution in [2.75, 3.05) is 0 Å². The molecule has 4 aromatic rings. The third-order valence-electron chi connectivity index (χ3n) is 4.14. The number of aromatic nitrogens is 3. The summed E-state index contributed by atoms with van der Waals surface area (Å²) < 4.78 is 15.2. The molecule has 0 aliphatic rings. The lowest BCUT2D eigenvalue weighted by Gasteiger charge is -2.02. The number of rotatable bonds is 3. The fourth-order valence-electron chi connectivity index (χ4n) is 2.81. The molecule has 0 saturated carbocycles. The molecule has 0 saturated heterocycles. The summed E-state index contributed by atoms with van der Waals surface area (Å²) in [6.45, 7) is 2.51. The van der Waals surface area contributed by atoms with Crippen LogP contribution < -0.4 is 10.1 Å². The van der Waals surface area contributed by atoms with Crippen molar-refractivity contribution >= 4 is 21.6 Å². The molecule has 124 valence electrons. The summed E-state index contributed by atoms with van der Waals surface area (Å²) in [5, 5.41) is 2.44. The Hall–Kier alpha value is -2.86. The van der Waals surface area contributed by atoms with Crippen molar-refractivity contribution in [3.05, 3.63) is 81.7 Å². The average Bonchev–Trinajstić information content (AvgIpc) is 3.02. The van der Waals surface area contributed by atoms with Crippen LogP contribution >= 0.6 is 11.3 Å². The summed E-state index contributed by atoms with van der Waals surface area (Å²) in [5.74, 6) is 0.317. The van der Waals surface area contributed by atoms with E-state index in [1.807, 2.05) is 41.3 Å². The van der Waals surface area contributed by atoms with E-state index in [0.717, 1.165) is 16.8 Å². The minimum absolute atomic E-state index is 0.172. The standard InChI is InChI=1S/C19H14FN3OS/c1-12-4-2-3-9-23(12)10-16-21-18(24)17-15(11-25-19(17)22-16)13-5-7-14(20)8-6-13/h2-9,11H,10H2,1H3/p+1. The zero-order chi connectivity index (χ0) is 17.4. The van der Waals surface area contributed by atoms with Gasteiger partial charge in [-0.05, 0) is 17.7 Å². The highest BCUT2D eigenvalue weighted by molar-refractivity contribution is 7.17. The lowest BCUT2D eigenvalue weighted by atomic mass is 10.1. The van der Waals surface area contributed by atoms with Crippen molar-refractivity contribution in [3.63, 3.8) is 0 Å². The monoisotopic (exact) mass is 352 g/mol. The van der Waals surface area contributed by atoms with Gasteiger partial charge in [-0.1, -0.05) is 18.2 Å². The maximum atomic E-state index is 13.1. The number of nitrogens with zero attached hydrogens (tertiary/aromatic N) is 2. The van der Waals surface area contributed by atoms with E-state index in [1.165, 1.54) is 23.5 Å². The molecule has 3 heterocycles. The van der Waals surface area contributed by atoms with Crippen molar-refractivity contribution in [1.82, 2.24) is 9.97 Å². The molecule has 4 nitrogen and oxygen atoms in total. The number of aromatic amines is 1. The van der Waals surface area contributed by atoms with Crippen LogP contribution in [0.15, 0.2) is 58.8 Å². The lowest BCUT2D eigenvalue weighted by molar-refractivity contribution is -0.695. The van der Waals surface area contributed by atoms with E-state index in [-0.39, 0.29) is 11.4 Å². The number of halogens is 1. The summed E-state index contributed by atoms with van der Waals surface area (Å²) >= 11 is 1.42. The molecule has 25 heavy (non-hydrogen) atoms. The third kappa shape index (κ3) is 2.96. The van der Waals surface area contributed by atoms with E-state index >= 15 is 0 Å². The molecule has 3 aromatic heterocycles. The second-order valence-electron chi connectivity index (χ2n) is 5.82. The van der Waals surface area contributed by atoms with Crippen LogP contribution in [0.5, 0.6) is 0 Å². The minimum atomic E-state index is -0.298. The van der Waals surface area contributed by atoms with Crippen LogP contribution in [0.2, 0.25) is 0 Å². The smallest absolute Gasteiger partial charge is 0.260 e. The van der Waals surface area contributed by atoms with Crippen LogP contribution in [-0.4, -0.2) is 9.97 Å². The summed E-state index contributed by atoms with van der Waals surface area (Å²) in [6.07, 6.45) is 1.96. The number of benzene rings is 1. The van der Waals surface area contributed by atoms with Gasteiger partial charge in [-0.2, -0.15) is 4.57 Å². The zero-order valence-corrected chi connectivity index (χ0v) is 14.3. The minimum Gasteiger partial charge on any atom is -0.305 e. The molecule has 0 fully saturated rings. The van der Waals surface area contributed by atoms with Crippen molar-refractivity contribution < 1.29 is 8.96 Å². The van der Waals surface area contributed by atoms with Crippen molar-refractivity contribution in [2.45, 2.75) is 13.5 Å². The molecule has 1 aromatic carbocycles. The quantitative estimate of drug-likeness (QED) is 0.574. The zero-order valence-electron chi connectivity index (χ0n) is 13.5. The first kappa shape index (κ1) is 15.7. The van der Waals surface area contributed by atoms with E-state index in [0.29, 0.717) is 22.6 Å². The van der Waals surface area contributed by atoms with Crippen molar-refractivity contribution in [3.8, 4) is 11.1 Å². The largest absolute Gasteiger partial charge is 0.305 e. The van der Waals surface area contributed by atoms with Crippen molar-refractivity contribution in [2.24, 2.45) is 0 Å². The Balaban J connectivity index is 1.78. The molecule has 0 radical (unpaired) electrons. The van der Waals surface area contributed by atoms with Gasteiger partial charge in [0.15, 0.2) is 17.7 Å². The molecule has 6 heteroatoms. The molecular formula is C19H15FN3OS+. The predicted octanol–water partition coefficient (Wildman–Crippen LogP) is 3.43. The highest BCUT2D eigenvalue weighted by Crippen LogP contribution is 2.30. The first-order chi connectivity index (χ1) is 12.1. The second-order valence-corrected chi connectivity index (χ2v) is 6.68. The second kappa shape index (κ2) is 6.22. The molecular weight excluding hydrogens is 337 g/mol. The molecule has 0 aliphatic heterocycles. The Morgan fingerprint density at radius 3 is 2.76 bits per heavy atom. The number of nitrogens with one attached hydrogen (secondary N) is 1. The van der Waals surface area contributed by atoms with Crippen LogP contribution in [-0.2, 0) is 6.54 Å². The summed E-state index contributed by atoms with van der Waals surface area (Å²) in [4.78, 5) is 20.8. The lowest BCUT2D eigenvalue weighted by Crippen LogP contribution is -2.38. The average molecular weight is 352 g/mol. The topological polar surface area (TPSA) is 49.6 Å². The first-order valence-corrected chi connectivity index (χ1v) is 8.71. The number of hydrogen-bond acceptors (Lipinski definition) is 3. The number of pyridine rings is 1. The summed E-state index contributed by atoms with van der Waals surface area (Å²) in [7, 11) is 0. The van der Waals surface area contributed by atoms with E-state index in [4.69, 9.17) is 0 Å². The van der Waals surface area contributed by atoms with Crippen LogP contribution in [0.3, 0.4) is 0 Å². The van der Waals surface area contributed by atoms with Gasteiger partial charge in [-0.3, -0.25) is 4.79 Å². The molecule has 0 spiro atoms. The van der Waals surface area contributed by atoms with Crippen LogP contribution in [0, 0.1) is 12.7 Å². The summed E-state index contributed by atoms with van der Waals surface area (Å²) in [6, 6.07) is 12.1. The highest BCUT2D eigenvalue weighted by atomic mass is 32.1. The van der Waals surface area contributed by atoms with Gasteiger partial charge < -0.3 is 4.98 Å². The number of aryl methyl sites for hydroxylation is 1. The Kier molecular flexibility index (Phi) is 3.89. The van der Waals surface area contributed by atoms with Gasteiger partial charge in [0.2, 0.25) is 6.54 Å². The van der Waals surface area contributed by atoms with Crippen LogP contribution in [0.4, 0.5) is 4.39 Å². The SMILES string of the molecule is Cc1cccc[n+]1Cc1nc2scc(-c3ccc(F)cc3)c2c(=O)[nH]1. The molecule has 4 rings (SSSR count). The van der Waals surface area contributed by atoms with Gasteiger partial charge in [0.1, 0.15) is 10.6 Å². The van der Waals surface area contributed by atoms with E-state index in [2.05, 4.69) is 9.97 Å². The van der Waals surface area contributed by atoms with Crippen molar-refractivity contribution in [1.29, 1.82) is 0 Å². The van der Waals surface area contributed by atoms with Gasteiger partial charge in [0, 0.05) is 30.0 Å². The number of hydrogen-bond donors (Lipinski definition) is 1. The molecule has 1 N–H and O–H groups in total. The molecule has 0 atom stereocenters. The van der Waals surface area contributed by atoms with Crippen LogP contribution in [0.25, 0.3) is 21.3 Å². The predicted molar refractivity (Wildman–Crippen MR) is 96.1 cm³/mol. The maximum absolute atomic E-state index is 13.1. The van der Waals surface area contributed by atoms with Gasteiger partial charge in [-0.25, -0.2) is 9.37 Å². The van der Waals surface area contributed by atoms with E-state index in [9.17, 15) is 9.18 Å². The number of H-pyrrole nitrogens is 1. The Morgan fingerprint density at radius 1 is 1.20 bits per heavy atom. The Bertz CT molecular complexity index is 1120.